The molecule has 1 aliphatic carbocycles. The number of aryl methyl sites for hydroxylation is 3. The minimum Gasteiger partial charge on any atom is -0.455 e. The lowest BCUT2D eigenvalue weighted by molar-refractivity contribution is 0.590. The molecule has 5 nitrogen and oxygen atoms in total. The summed E-state index contributed by atoms with van der Waals surface area (Å²) in [5, 5.41) is 2.05. The Hall–Kier alpha value is -9.32. The number of fused-ring (bicyclic) bond motifs is 7. The van der Waals surface area contributed by atoms with Crippen LogP contribution in [0.3, 0.4) is 0 Å². The van der Waals surface area contributed by atoms with Gasteiger partial charge in [-0.1, -0.05) is 210 Å². The first kappa shape index (κ1) is 51.1. The monoisotopic (exact) mass is 1050 g/mol. The highest BCUT2D eigenvalue weighted by Crippen LogP contribution is 2.62. The highest BCUT2D eigenvalue weighted by molar-refractivity contribution is 6.19. The smallest absolute Gasteiger partial charge is 0.145 e. The van der Waals surface area contributed by atoms with Gasteiger partial charge in [0.05, 0.1) is 16.5 Å². The van der Waals surface area contributed by atoms with Crippen molar-refractivity contribution in [2.75, 3.05) is 9.80 Å². The van der Waals surface area contributed by atoms with Crippen LogP contribution in [0.4, 0.5) is 34.4 Å². The Morgan fingerprint density at radius 2 is 0.951 bits per heavy atom. The predicted octanol–water partition coefficient (Wildman–Crippen LogP) is 20.5. The number of rotatable bonds is 10. The van der Waals surface area contributed by atoms with Gasteiger partial charge in [-0.25, -0.2) is 9.97 Å². The standard InChI is InChI=1S/C76H66N4O/c1-49-26-30-52(31-27-49)61-24-18-44-77-72(61)79(58-38-34-54(35-39-58)74(4,5)6)60-42-43-62-65(46-60)76(56-19-12-10-13-20-56,57-21-14-11-15-22-57)66-47-67(70-63-23-16-17-25-68(63)81-71(70)69(62)66)80(59-40-36-55(37-41-59)75(7,8)9)73-64(45-51(3)48-78-73)53-32-28-50(2)29-33-53/h10-48H,1-9H3. The summed E-state index contributed by atoms with van der Waals surface area (Å²) in [6.45, 7) is 20.0. The number of aromatic nitrogens is 2. The Morgan fingerprint density at radius 3 is 1.54 bits per heavy atom. The Kier molecular flexibility index (Phi) is 12.5. The quantitative estimate of drug-likeness (QED) is 0.137. The molecule has 3 aromatic heterocycles. The third-order valence-electron chi connectivity index (χ3n) is 16.5. The van der Waals surface area contributed by atoms with Crippen LogP contribution in [-0.4, -0.2) is 9.97 Å². The predicted molar refractivity (Wildman–Crippen MR) is 338 cm³/mol. The Morgan fingerprint density at radius 1 is 0.420 bits per heavy atom. The van der Waals surface area contributed by atoms with Crippen LogP contribution in [0.2, 0.25) is 0 Å². The fourth-order valence-electron chi connectivity index (χ4n) is 12.3. The molecule has 0 atom stereocenters. The first-order chi connectivity index (χ1) is 39.2. The van der Waals surface area contributed by atoms with Crippen molar-refractivity contribution >= 4 is 56.3 Å². The summed E-state index contributed by atoms with van der Waals surface area (Å²) < 4.78 is 7.45. The molecule has 0 saturated heterocycles. The van der Waals surface area contributed by atoms with Crippen LogP contribution in [0.15, 0.2) is 241 Å². The number of hydrogen-bond acceptors (Lipinski definition) is 5. The summed E-state index contributed by atoms with van der Waals surface area (Å²) in [5.41, 5.74) is 21.7. The van der Waals surface area contributed by atoms with E-state index in [1.165, 1.54) is 22.3 Å². The number of nitrogens with zero attached hydrogens (tertiary/aromatic N) is 4. The topological polar surface area (TPSA) is 45.4 Å². The molecular formula is C76H66N4O. The fourth-order valence-corrected chi connectivity index (χ4v) is 12.3. The molecule has 0 radical (unpaired) electrons. The molecule has 5 heteroatoms. The average Bonchev–Trinajstić information content (AvgIpc) is 2.84. The number of furan rings is 1. The van der Waals surface area contributed by atoms with Crippen molar-refractivity contribution in [3.8, 4) is 33.4 Å². The minimum absolute atomic E-state index is 0.0320. The molecule has 0 fully saturated rings. The molecule has 0 bridgehead atoms. The van der Waals surface area contributed by atoms with Crippen LogP contribution in [-0.2, 0) is 16.2 Å². The number of pyridine rings is 2. The largest absolute Gasteiger partial charge is 0.455 e. The molecule has 0 N–H and O–H groups in total. The maximum atomic E-state index is 7.45. The van der Waals surface area contributed by atoms with Gasteiger partial charge in [-0.2, -0.15) is 0 Å². The summed E-state index contributed by atoms with van der Waals surface area (Å²) >= 11 is 0. The van der Waals surface area contributed by atoms with E-state index in [1.807, 2.05) is 18.5 Å². The maximum absolute atomic E-state index is 7.45. The van der Waals surface area contributed by atoms with E-state index in [9.17, 15) is 0 Å². The first-order valence-electron chi connectivity index (χ1n) is 28.3. The van der Waals surface area contributed by atoms with Crippen LogP contribution in [0, 0.1) is 20.8 Å². The van der Waals surface area contributed by atoms with Crippen LogP contribution in [0.1, 0.15) is 91.6 Å². The molecule has 13 rings (SSSR count). The molecule has 0 aliphatic heterocycles. The van der Waals surface area contributed by atoms with Gasteiger partial charge < -0.3 is 4.42 Å². The van der Waals surface area contributed by atoms with Crippen molar-refractivity contribution in [3.63, 3.8) is 0 Å². The average molecular weight is 1050 g/mol. The zero-order valence-corrected chi connectivity index (χ0v) is 47.7. The second kappa shape index (κ2) is 19.8. The van der Waals surface area contributed by atoms with Crippen molar-refractivity contribution in [2.45, 2.75) is 78.6 Å². The maximum Gasteiger partial charge on any atom is 0.145 e. The Labute approximate surface area is 476 Å². The van der Waals surface area contributed by atoms with E-state index in [-0.39, 0.29) is 10.8 Å². The molecule has 0 spiro atoms. The van der Waals surface area contributed by atoms with Gasteiger partial charge in [0.25, 0.3) is 0 Å². The van der Waals surface area contributed by atoms with Crippen molar-refractivity contribution in [1.82, 2.24) is 9.97 Å². The summed E-state index contributed by atoms with van der Waals surface area (Å²) in [4.78, 5) is 15.5. The van der Waals surface area contributed by atoms with E-state index in [1.54, 1.807) is 0 Å². The van der Waals surface area contributed by atoms with Crippen molar-refractivity contribution < 1.29 is 4.42 Å². The van der Waals surface area contributed by atoms with Crippen molar-refractivity contribution in [3.05, 3.63) is 287 Å². The lowest BCUT2D eigenvalue weighted by Gasteiger charge is -2.36. The van der Waals surface area contributed by atoms with Gasteiger partial charge in [0, 0.05) is 51.5 Å². The third kappa shape index (κ3) is 8.80. The summed E-state index contributed by atoms with van der Waals surface area (Å²) in [6.07, 6.45) is 3.92. The van der Waals surface area contributed by atoms with Gasteiger partial charge in [0.2, 0.25) is 0 Å². The van der Waals surface area contributed by atoms with Gasteiger partial charge in [-0.3, -0.25) is 9.80 Å². The molecule has 396 valence electrons. The second-order valence-corrected chi connectivity index (χ2v) is 24.1. The minimum atomic E-state index is -0.862. The molecule has 12 aromatic rings. The van der Waals surface area contributed by atoms with E-state index in [0.717, 1.165) is 118 Å². The van der Waals surface area contributed by atoms with Crippen molar-refractivity contribution in [2.24, 2.45) is 0 Å². The number of anilines is 6. The molecule has 0 saturated carbocycles. The Bertz CT molecular complexity index is 4260. The van der Waals surface area contributed by atoms with Gasteiger partial charge >= 0.3 is 0 Å². The van der Waals surface area contributed by atoms with Gasteiger partial charge in [0.1, 0.15) is 22.8 Å². The number of para-hydroxylation sites is 1. The molecule has 1 aliphatic rings. The van der Waals surface area contributed by atoms with Gasteiger partial charge in [-0.15, -0.1) is 0 Å². The fraction of sp³-hybridized carbons (Fsp3) is 0.158. The zero-order chi connectivity index (χ0) is 55.8. The normalized spacial score (nSPS) is 12.9. The third-order valence-corrected chi connectivity index (χ3v) is 16.5. The molecule has 81 heavy (non-hydrogen) atoms. The highest BCUT2D eigenvalue weighted by Gasteiger charge is 2.49. The summed E-state index contributed by atoms with van der Waals surface area (Å²) in [7, 11) is 0. The molecule has 3 heterocycles. The molecule has 9 aromatic carbocycles. The van der Waals surface area contributed by atoms with E-state index < -0.39 is 5.41 Å². The van der Waals surface area contributed by atoms with Crippen molar-refractivity contribution in [1.29, 1.82) is 0 Å². The first-order valence-corrected chi connectivity index (χ1v) is 28.3. The van der Waals surface area contributed by atoms with Crippen LogP contribution < -0.4 is 9.80 Å². The lowest BCUT2D eigenvalue weighted by Crippen LogP contribution is -2.29. The van der Waals surface area contributed by atoms with E-state index >= 15 is 0 Å². The lowest BCUT2D eigenvalue weighted by atomic mass is 9.67. The van der Waals surface area contributed by atoms with Gasteiger partial charge in [0.15, 0.2) is 0 Å². The van der Waals surface area contributed by atoms with E-state index in [0.29, 0.717) is 0 Å². The van der Waals surface area contributed by atoms with Crippen LogP contribution >= 0.6 is 0 Å². The summed E-state index contributed by atoms with van der Waals surface area (Å²) in [6, 6.07) is 82.6. The molecular weight excluding hydrogens is 985 g/mol. The van der Waals surface area contributed by atoms with E-state index in [4.69, 9.17) is 14.4 Å². The molecule has 0 amide bonds. The number of hydrogen-bond donors (Lipinski definition) is 0. The summed E-state index contributed by atoms with van der Waals surface area (Å²) in [5.74, 6) is 1.67. The van der Waals surface area contributed by atoms with Gasteiger partial charge in [-0.05, 0) is 154 Å². The SMILES string of the molecule is Cc1ccc(-c2cccnc2N(c2ccc(C(C)(C)C)cc2)c2ccc3c(c2)C(c2ccccc2)(c2ccccc2)c2cc(N(c4ccc(C(C)(C)C)cc4)c4ncc(C)cc4-c4ccc(C)cc4)c4c(oc5ccccc54)c2-3)cc1. The Balaban J connectivity index is 1.15. The molecule has 0 unspecified atom stereocenters. The van der Waals surface area contributed by atoms with Crippen LogP contribution in [0.25, 0.3) is 55.3 Å². The van der Waals surface area contributed by atoms with Crippen LogP contribution in [0.5, 0.6) is 0 Å². The zero-order valence-electron chi connectivity index (χ0n) is 47.7. The second-order valence-electron chi connectivity index (χ2n) is 24.1. The number of benzene rings is 9. The van der Waals surface area contributed by atoms with E-state index in [2.05, 4.69) is 291 Å². The highest BCUT2D eigenvalue weighted by atomic mass is 16.3.